The lowest BCUT2D eigenvalue weighted by Crippen LogP contribution is -2.29. The molecule has 1 aliphatic carbocycles. The number of nitrogens with two attached hydrogens (primary N) is 1. The van der Waals surface area contributed by atoms with Gasteiger partial charge in [0.25, 0.3) is 0 Å². The maximum atomic E-state index is 12.6. The Kier molecular flexibility index (Phi) is 31.2. The number of hydrogen-bond acceptors (Lipinski definition) is 11. The lowest BCUT2D eigenvalue weighted by molar-refractivity contribution is -0.161. The molecule has 0 aliphatic heterocycles. The van der Waals surface area contributed by atoms with E-state index >= 15 is 0 Å². The summed E-state index contributed by atoms with van der Waals surface area (Å²) >= 11 is 0. The summed E-state index contributed by atoms with van der Waals surface area (Å²) in [4.78, 5) is 47.5. The minimum absolute atomic E-state index is 0.0139. The number of allylic oxidation sites excluding steroid dienone is 5. The van der Waals surface area contributed by atoms with Crippen LogP contribution in [0.5, 0.6) is 0 Å². The van der Waals surface area contributed by atoms with Gasteiger partial charge in [-0.25, -0.2) is 4.57 Å². The molecule has 0 aromatic rings. The molecule has 0 saturated heterocycles. The van der Waals surface area contributed by atoms with Gasteiger partial charge in [0.2, 0.25) is 0 Å². The third-order valence-corrected chi connectivity index (χ3v) is 10.9. The first-order chi connectivity index (χ1) is 27.0. The van der Waals surface area contributed by atoms with Crippen LogP contribution in [0, 0.1) is 11.8 Å². The molecule has 0 bridgehead atoms. The summed E-state index contributed by atoms with van der Waals surface area (Å²) in [6.07, 6.45) is 29.7. The molecular weight excluding hydrogens is 737 g/mol. The lowest BCUT2D eigenvalue weighted by Gasteiger charge is -2.19. The molecule has 0 radical (unpaired) electrons. The second kappa shape index (κ2) is 33.8. The number of rotatable bonds is 36. The number of aliphatic hydroxyl groups is 2. The molecule has 0 heterocycles. The van der Waals surface area contributed by atoms with Gasteiger partial charge in [-0.05, 0) is 57.8 Å². The molecule has 1 fully saturated rings. The molecule has 1 aliphatic rings. The molecule has 1 unspecified atom stereocenters. The minimum atomic E-state index is -4.44. The van der Waals surface area contributed by atoms with Crippen molar-refractivity contribution in [1.29, 1.82) is 0 Å². The van der Waals surface area contributed by atoms with Gasteiger partial charge in [0.05, 0.1) is 25.4 Å². The summed E-state index contributed by atoms with van der Waals surface area (Å²) in [7, 11) is -4.44. The van der Waals surface area contributed by atoms with Gasteiger partial charge in [0, 0.05) is 37.6 Å². The lowest BCUT2D eigenvalue weighted by atomic mass is 9.90. The van der Waals surface area contributed by atoms with Crippen molar-refractivity contribution in [3.8, 4) is 0 Å². The summed E-state index contributed by atoms with van der Waals surface area (Å²) in [6, 6.07) is 0. The fourth-order valence-electron chi connectivity index (χ4n) is 6.55. The second-order valence-electron chi connectivity index (χ2n) is 15.0. The van der Waals surface area contributed by atoms with Crippen LogP contribution >= 0.6 is 7.82 Å². The zero-order valence-corrected chi connectivity index (χ0v) is 35.5. The van der Waals surface area contributed by atoms with E-state index in [0.717, 1.165) is 44.9 Å². The average molecular weight is 814 g/mol. The zero-order chi connectivity index (χ0) is 41.3. The van der Waals surface area contributed by atoms with Gasteiger partial charge in [-0.3, -0.25) is 23.4 Å². The van der Waals surface area contributed by atoms with Crippen LogP contribution in [-0.2, 0) is 37.5 Å². The Morgan fingerprint density at radius 1 is 0.804 bits per heavy atom. The number of phosphoric acid groups is 1. The normalized spacial score (nSPS) is 19.6. The number of carbonyl (C=O) groups excluding carboxylic acids is 3. The molecule has 0 aromatic heterocycles. The van der Waals surface area contributed by atoms with E-state index < -0.39 is 50.6 Å². The number of hydrogen-bond donors (Lipinski definition) is 4. The van der Waals surface area contributed by atoms with Crippen molar-refractivity contribution in [2.45, 2.75) is 180 Å². The molecule has 12 nitrogen and oxygen atoms in total. The van der Waals surface area contributed by atoms with Crippen LogP contribution in [0.25, 0.3) is 0 Å². The largest absolute Gasteiger partial charge is 0.472 e. The maximum absolute atomic E-state index is 12.6. The van der Waals surface area contributed by atoms with Crippen molar-refractivity contribution in [1.82, 2.24) is 0 Å². The number of ether oxygens (including phenoxy) is 2. The average Bonchev–Trinajstić information content (AvgIpc) is 3.44. The van der Waals surface area contributed by atoms with Crippen LogP contribution in [0.15, 0.2) is 36.5 Å². The highest BCUT2D eigenvalue weighted by atomic mass is 31.2. The molecule has 5 N–H and O–H groups in total. The monoisotopic (exact) mass is 814 g/mol. The van der Waals surface area contributed by atoms with Gasteiger partial charge < -0.3 is 30.3 Å². The van der Waals surface area contributed by atoms with Gasteiger partial charge in [-0.1, -0.05) is 121 Å². The number of Topliss-reactive ketones (excluding diaryl/α,β-unsaturated/α-hetero) is 1. The first kappa shape index (κ1) is 51.8. The topological polar surface area (TPSA) is 192 Å². The Morgan fingerprint density at radius 3 is 2.07 bits per heavy atom. The molecule has 1 rings (SSSR count). The quantitative estimate of drug-likeness (QED) is 0.0204. The van der Waals surface area contributed by atoms with Crippen LogP contribution < -0.4 is 5.73 Å². The number of unbranched alkanes of at least 4 members (excludes halogenated alkanes) is 14. The fourth-order valence-corrected chi connectivity index (χ4v) is 7.32. The third-order valence-electron chi connectivity index (χ3n) is 9.88. The van der Waals surface area contributed by atoms with E-state index in [0.29, 0.717) is 32.1 Å². The van der Waals surface area contributed by atoms with Crippen molar-refractivity contribution < 1.29 is 52.6 Å². The molecule has 324 valence electrons. The number of esters is 2. The summed E-state index contributed by atoms with van der Waals surface area (Å²) in [5.74, 6) is -1.77. The van der Waals surface area contributed by atoms with Crippen LogP contribution in [-0.4, -0.2) is 77.5 Å². The first-order valence-electron chi connectivity index (χ1n) is 21.6. The van der Waals surface area contributed by atoms with E-state index in [9.17, 15) is 34.1 Å². The third kappa shape index (κ3) is 27.5. The van der Waals surface area contributed by atoms with Gasteiger partial charge in [0.1, 0.15) is 12.4 Å². The van der Waals surface area contributed by atoms with Crippen LogP contribution in [0.1, 0.15) is 162 Å². The van der Waals surface area contributed by atoms with E-state index in [1.165, 1.54) is 51.4 Å². The molecular formula is C43H76NO11P. The van der Waals surface area contributed by atoms with E-state index in [4.69, 9.17) is 24.3 Å². The van der Waals surface area contributed by atoms with Gasteiger partial charge in [-0.2, -0.15) is 0 Å². The van der Waals surface area contributed by atoms with Crippen LogP contribution in [0.2, 0.25) is 0 Å². The van der Waals surface area contributed by atoms with Crippen LogP contribution in [0.4, 0.5) is 0 Å². The number of carbonyl (C=O) groups is 3. The Balaban J connectivity index is 2.42. The Bertz CT molecular complexity index is 1180. The standard InChI is InChI=1S/C43H76NO11P/c1-3-5-7-8-9-10-11-12-13-14-15-16-17-18-24-28-43(49)55-37(35-54-56(50,51)53-32-31-44)34-52-42(48)27-23-20-19-22-26-38-39(41(47)33-40(38)46)30-29-36(45)25-21-6-4-2/h10-11,19,22,29-30,36-40,45-46H,3-9,12-18,20-21,23-28,31-35,44H2,1-2H3,(H,50,51)/b11-10-,22-19-,30-29+/t36-,37+,38+,39+,40-/m0/s1. The van der Waals surface area contributed by atoms with Crippen molar-refractivity contribution in [3.63, 3.8) is 0 Å². The van der Waals surface area contributed by atoms with E-state index in [-0.39, 0.29) is 50.7 Å². The molecule has 0 amide bonds. The fraction of sp³-hybridized carbons (Fsp3) is 0.791. The molecule has 6 atom stereocenters. The van der Waals surface area contributed by atoms with Crippen molar-refractivity contribution >= 4 is 25.5 Å². The van der Waals surface area contributed by atoms with E-state index in [2.05, 4.69) is 26.0 Å². The summed E-state index contributed by atoms with van der Waals surface area (Å²) in [5.41, 5.74) is 5.34. The van der Waals surface area contributed by atoms with Gasteiger partial charge in [0.15, 0.2) is 6.10 Å². The summed E-state index contributed by atoms with van der Waals surface area (Å²) < 4.78 is 32.7. The predicted octanol–water partition coefficient (Wildman–Crippen LogP) is 8.75. The van der Waals surface area contributed by atoms with Gasteiger partial charge in [-0.15, -0.1) is 0 Å². The van der Waals surface area contributed by atoms with E-state index in [1.54, 1.807) is 12.2 Å². The zero-order valence-electron chi connectivity index (χ0n) is 34.6. The van der Waals surface area contributed by atoms with Gasteiger partial charge >= 0.3 is 19.8 Å². The number of aliphatic hydroxyl groups excluding tert-OH is 2. The molecule has 0 aromatic carbocycles. The molecule has 13 heteroatoms. The summed E-state index contributed by atoms with van der Waals surface area (Å²) in [6.45, 7) is 3.30. The highest BCUT2D eigenvalue weighted by Gasteiger charge is 2.39. The number of ketones is 1. The highest BCUT2D eigenvalue weighted by Crippen LogP contribution is 2.43. The molecule has 56 heavy (non-hydrogen) atoms. The molecule has 1 saturated carbocycles. The van der Waals surface area contributed by atoms with Crippen LogP contribution in [0.3, 0.4) is 0 Å². The molecule has 0 spiro atoms. The summed E-state index contributed by atoms with van der Waals surface area (Å²) in [5, 5.41) is 20.7. The maximum Gasteiger partial charge on any atom is 0.472 e. The highest BCUT2D eigenvalue weighted by molar-refractivity contribution is 7.47. The van der Waals surface area contributed by atoms with Crippen molar-refractivity contribution in [2.24, 2.45) is 17.6 Å². The Morgan fingerprint density at radius 2 is 1.39 bits per heavy atom. The second-order valence-corrected chi connectivity index (χ2v) is 16.4. The van der Waals surface area contributed by atoms with Crippen molar-refractivity contribution in [3.05, 3.63) is 36.5 Å². The first-order valence-corrected chi connectivity index (χ1v) is 23.1. The van der Waals surface area contributed by atoms with E-state index in [1.807, 2.05) is 12.2 Å². The smallest absolute Gasteiger partial charge is 0.462 e. The predicted molar refractivity (Wildman–Crippen MR) is 221 cm³/mol. The Hall–Kier alpha value is -2.18. The number of phosphoric ester groups is 1. The Labute approximate surface area is 337 Å². The minimum Gasteiger partial charge on any atom is -0.462 e. The van der Waals surface area contributed by atoms with Crippen molar-refractivity contribution in [2.75, 3.05) is 26.4 Å². The SMILES string of the molecule is CCCCCC/C=C\CCCCCCCCCC(=O)O[C@H](COC(=O)CCC/C=C\C[C@H]1[C@@H](O)CC(=O)[C@@H]1/C=C/[C@@H](O)CCCCC)COP(=O)(O)OCCN.